The first-order chi connectivity index (χ1) is 9.35. The number of thiazole rings is 1. The van der Waals surface area contributed by atoms with Crippen molar-refractivity contribution in [1.82, 2.24) is 10.3 Å². The Morgan fingerprint density at radius 3 is 2.89 bits per heavy atom. The molecule has 2 aromatic rings. The van der Waals surface area contributed by atoms with E-state index in [4.69, 9.17) is 4.74 Å². The van der Waals surface area contributed by atoms with Crippen molar-refractivity contribution in [2.45, 2.75) is 26.8 Å². The minimum atomic E-state index is 0.674. The molecule has 0 aliphatic rings. The van der Waals surface area contributed by atoms with Crippen molar-refractivity contribution in [1.29, 1.82) is 0 Å². The average Bonchev–Trinajstić information content (AvgIpc) is 2.89. The summed E-state index contributed by atoms with van der Waals surface area (Å²) >= 11 is 1.67. The molecule has 0 spiro atoms. The Kier molecular flexibility index (Phi) is 5.36. The topological polar surface area (TPSA) is 34.1 Å². The molecule has 0 amide bonds. The highest BCUT2D eigenvalue weighted by atomic mass is 32.1. The van der Waals surface area contributed by atoms with Crippen molar-refractivity contribution < 1.29 is 4.74 Å². The molecule has 0 atom stereocenters. The number of aromatic nitrogens is 1. The van der Waals surface area contributed by atoms with E-state index in [0.29, 0.717) is 6.61 Å². The molecule has 0 unspecified atom stereocenters. The van der Waals surface area contributed by atoms with Crippen LogP contribution in [0.2, 0.25) is 0 Å². The van der Waals surface area contributed by atoms with Gasteiger partial charge in [-0.1, -0.05) is 19.1 Å². The van der Waals surface area contributed by atoms with Gasteiger partial charge in [0.15, 0.2) is 0 Å². The van der Waals surface area contributed by atoms with Gasteiger partial charge in [-0.3, -0.25) is 0 Å². The first-order valence-electron chi connectivity index (χ1n) is 6.72. The molecule has 1 aromatic heterocycles. The van der Waals surface area contributed by atoms with E-state index >= 15 is 0 Å². The van der Waals surface area contributed by atoms with E-state index in [9.17, 15) is 0 Å². The number of benzene rings is 1. The monoisotopic (exact) mass is 276 g/mol. The Labute approximate surface area is 118 Å². The molecular weight excluding hydrogens is 256 g/mol. The molecule has 102 valence electrons. The third-order valence-electron chi connectivity index (χ3n) is 2.70. The Morgan fingerprint density at radius 2 is 2.11 bits per heavy atom. The van der Waals surface area contributed by atoms with Crippen molar-refractivity contribution in [3.8, 4) is 16.3 Å². The largest absolute Gasteiger partial charge is 0.493 e. The molecule has 0 saturated carbocycles. The van der Waals surface area contributed by atoms with E-state index in [1.54, 1.807) is 11.3 Å². The summed E-state index contributed by atoms with van der Waals surface area (Å²) in [5.41, 5.74) is 2.18. The van der Waals surface area contributed by atoms with Crippen molar-refractivity contribution in [3.63, 3.8) is 0 Å². The number of hydrogen-bond donors (Lipinski definition) is 1. The summed E-state index contributed by atoms with van der Waals surface area (Å²) in [7, 11) is 0. The minimum absolute atomic E-state index is 0.674. The van der Waals surface area contributed by atoms with Gasteiger partial charge in [0.05, 0.1) is 17.9 Å². The zero-order valence-corrected chi connectivity index (χ0v) is 12.3. The highest BCUT2D eigenvalue weighted by Crippen LogP contribution is 2.32. The third-order valence-corrected chi connectivity index (χ3v) is 3.63. The lowest BCUT2D eigenvalue weighted by atomic mass is 10.2. The number of nitrogens with one attached hydrogen (secondary N) is 1. The van der Waals surface area contributed by atoms with Crippen LogP contribution in [0.3, 0.4) is 0 Å². The van der Waals surface area contributed by atoms with Crippen LogP contribution in [0.15, 0.2) is 29.6 Å². The molecular formula is C15H20N2OS. The van der Waals surface area contributed by atoms with E-state index < -0.39 is 0 Å². The zero-order chi connectivity index (χ0) is 13.5. The lowest BCUT2D eigenvalue weighted by Gasteiger charge is -2.07. The van der Waals surface area contributed by atoms with Gasteiger partial charge in [0.2, 0.25) is 0 Å². The van der Waals surface area contributed by atoms with Crippen LogP contribution in [0.4, 0.5) is 0 Å². The molecule has 3 nitrogen and oxygen atoms in total. The fourth-order valence-electron chi connectivity index (χ4n) is 1.83. The smallest absolute Gasteiger partial charge is 0.129 e. The summed E-state index contributed by atoms with van der Waals surface area (Å²) < 4.78 is 5.65. The molecule has 1 heterocycles. The highest BCUT2D eigenvalue weighted by molar-refractivity contribution is 7.13. The summed E-state index contributed by atoms with van der Waals surface area (Å²) in [5.74, 6) is 0.910. The summed E-state index contributed by atoms with van der Waals surface area (Å²) in [6, 6.07) is 8.07. The molecule has 0 aliphatic heterocycles. The van der Waals surface area contributed by atoms with Gasteiger partial charge in [0, 0.05) is 11.9 Å². The molecule has 1 N–H and O–H groups in total. The fourth-order valence-corrected chi connectivity index (χ4v) is 2.68. The third kappa shape index (κ3) is 3.78. The molecule has 0 fully saturated rings. The van der Waals surface area contributed by atoms with Crippen molar-refractivity contribution in [2.24, 2.45) is 0 Å². The summed E-state index contributed by atoms with van der Waals surface area (Å²) in [6.07, 6.45) is 1.14. The average molecular weight is 276 g/mol. The maximum absolute atomic E-state index is 5.65. The Balaban J connectivity index is 2.13. The second-order valence-corrected chi connectivity index (χ2v) is 5.11. The number of hydrogen-bond acceptors (Lipinski definition) is 4. The molecule has 0 bridgehead atoms. The van der Waals surface area contributed by atoms with Gasteiger partial charge in [-0.2, -0.15) is 0 Å². The Morgan fingerprint density at radius 1 is 1.26 bits per heavy atom. The molecule has 0 radical (unpaired) electrons. The maximum Gasteiger partial charge on any atom is 0.129 e. The normalized spacial score (nSPS) is 10.6. The standard InChI is InChI=1S/C15H20N2OS/c1-3-9-16-10-12-11-19-15(17-12)13-7-5-6-8-14(13)18-4-2/h5-8,11,16H,3-4,9-10H2,1-2H3. The van der Waals surface area contributed by atoms with Crippen LogP contribution in [0.25, 0.3) is 10.6 Å². The molecule has 0 aliphatic carbocycles. The predicted molar refractivity (Wildman–Crippen MR) is 80.7 cm³/mol. The van der Waals surface area contributed by atoms with Gasteiger partial charge < -0.3 is 10.1 Å². The number of nitrogens with zero attached hydrogens (tertiary/aromatic N) is 1. The quantitative estimate of drug-likeness (QED) is 0.783. The van der Waals surface area contributed by atoms with Gasteiger partial charge in [-0.25, -0.2) is 4.98 Å². The minimum Gasteiger partial charge on any atom is -0.493 e. The van der Waals surface area contributed by atoms with Crippen LogP contribution in [0, 0.1) is 0 Å². The van der Waals surface area contributed by atoms with Crippen LogP contribution < -0.4 is 10.1 Å². The van der Waals surface area contributed by atoms with Gasteiger partial charge in [0.25, 0.3) is 0 Å². The lowest BCUT2D eigenvalue weighted by Crippen LogP contribution is -2.13. The molecule has 19 heavy (non-hydrogen) atoms. The predicted octanol–water partition coefficient (Wildman–Crippen LogP) is 3.71. The molecule has 0 saturated heterocycles. The maximum atomic E-state index is 5.65. The van der Waals surface area contributed by atoms with E-state index in [1.807, 2.05) is 25.1 Å². The molecule has 2 rings (SSSR count). The summed E-state index contributed by atoms with van der Waals surface area (Å²) in [4.78, 5) is 4.67. The number of para-hydroxylation sites is 1. The molecule has 4 heteroatoms. The Bertz CT molecular complexity index is 510. The van der Waals surface area contributed by atoms with Crippen LogP contribution in [0.1, 0.15) is 26.0 Å². The van der Waals surface area contributed by atoms with Crippen LogP contribution >= 0.6 is 11.3 Å². The highest BCUT2D eigenvalue weighted by Gasteiger charge is 2.09. The SMILES string of the molecule is CCCNCc1csc(-c2ccccc2OCC)n1. The molecule has 1 aromatic carbocycles. The van der Waals surface area contributed by atoms with Crippen LogP contribution in [-0.2, 0) is 6.54 Å². The van der Waals surface area contributed by atoms with E-state index in [0.717, 1.165) is 41.5 Å². The second-order valence-electron chi connectivity index (χ2n) is 4.25. The van der Waals surface area contributed by atoms with E-state index in [1.165, 1.54) is 0 Å². The lowest BCUT2D eigenvalue weighted by molar-refractivity contribution is 0.341. The Hall–Kier alpha value is -1.39. The fraction of sp³-hybridized carbons (Fsp3) is 0.400. The van der Waals surface area contributed by atoms with Crippen LogP contribution in [-0.4, -0.2) is 18.1 Å². The van der Waals surface area contributed by atoms with Crippen molar-refractivity contribution >= 4 is 11.3 Å². The number of ether oxygens (including phenoxy) is 1. The first kappa shape index (κ1) is 14.0. The van der Waals surface area contributed by atoms with Gasteiger partial charge in [-0.05, 0) is 32.0 Å². The zero-order valence-electron chi connectivity index (χ0n) is 11.5. The van der Waals surface area contributed by atoms with Crippen LogP contribution in [0.5, 0.6) is 5.75 Å². The van der Waals surface area contributed by atoms with E-state index in [-0.39, 0.29) is 0 Å². The van der Waals surface area contributed by atoms with Gasteiger partial charge in [0.1, 0.15) is 10.8 Å². The first-order valence-corrected chi connectivity index (χ1v) is 7.60. The van der Waals surface area contributed by atoms with Crippen molar-refractivity contribution in [2.75, 3.05) is 13.2 Å². The second kappa shape index (κ2) is 7.26. The van der Waals surface area contributed by atoms with Crippen molar-refractivity contribution in [3.05, 3.63) is 35.3 Å². The summed E-state index contributed by atoms with van der Waals surface area (Å²) in [6.45, 7) is 6.70. The summed E-state index contributed by atoms with van der Waals surface area (Å²) in [5, 5.41) is 6.51. The van der Waals surface area contributed by atoms with Gasteiger partial charge >= 0.3 is 0 Å². The van der Waals surface area contributed by atoms with Gasteiger partial charge in [-0.15, -0.1) is 11.3 Å². The number of rotatable bonds is 7. The van der Waals surface area contributed by atoms with E-state index in [2.05, 4.69) is 28.7 Å².